The van der Waals surface area contributed by atoms with Gasteiger partial charge in [0.1, 0.15) is 0 Å². The first-order valence-electron chi connectivity index (χ1n) is 17.5. The minimum absolute atomic E-state index is 0. The maximum Gasteiger partial charge on any atom is 0.267 e. The van der Waals surface area contributed by atoms with Crippen LogP contribution in [0.25, 0.3) is 34.1 Å². The van der Waals surface area contributed by atoms with Crippen molar-refractivity contribution in [1.29, 1.82) is 0 Å². The van der Waals surface area contributed by atoms with Gasteiger partial charge in [-0.2, -0.15) is 59.7 Å². The summed E-state index contributed by atoms with van der Waals surface area (Å²) in [7, 11) is 0. The predicted octanol–water partition coefficient (Wildman–Crippen LogP) is 7.67. The van der Waals surface area contributed by atoms with E-state index in [1.165, 1.54) is 45.0 Å². The summed E-state index contributed by atoms with van der Waals surface area (Å²) in [6.45, 7) is 16.9. The minimum atomic E-state index is 0. The molecule has 0 fully saturated rings. The van der Waals surface area contributed by atoms with E-state index in [1.54, 1.807) is 12.4 Å². The van der Waals surface area contributed by atoms with Crippen molar-refractivity contribution in [2.75, 3.05) is 0 Å². The molecule has 0 N–H and O–H groups in total. The van der Waals surface area contributed by atoms with Gasteiger partial charge in [-0.25, -0.2) is 0 Å². The molecule has 8 nitrogen and oxygen atoms in total. The van der Waals surface area contributed by atoms with Crippen LogP contribution >= 0.6 is 0 Å². The average Bonchev–Trinajstić information content (AvgIpc) is 3.88. The van der Waals surface area contributed by atoms with E-state index in [0.717, 1.165) is 28.4 Å². The monoisotopic (exact) mass is 888 g/mol. The molecule has 0 spiro atoms. The Morgan fingerprint density at radius 1 is 0.574 bits per heavy atom. The number of aromatic nitrogens is 8. The average molecular weight is 888 g/mol. The van der Waals surface area contributed by atoms with E-state index in [0.29, 0.717) is 5.69 Å². The van der Waals surface area contributed by atoms with Crippen LogP contribution in [0.1, 0.15) is 45.0 Å². The Bertz CT molecular complexity index is 2170. The van der Waals surface area contributed by atoms with Gasteiger partial charge in [-0.3, -0.25) is 19.3 Å². The fourth-order valence-corrected chi connectivity index (χ4v) is 5.85. The first-order chi connectivity index (χ1) is 25.6. The second kappa shape index (κ2) is 17.8. The van der Waals surface area contributed by atoms with Crippen LogP contribution in [0, 0.1) is 80.2 Å². The van der Waals surface area contributed by atoms with Crippen molar-refractivity contribution >= 4 is 0 Å². The van der Waals surface area contributed by atoms with E-state index in [2.05, 4.69) is 192 Å². The third kappa shape index (κ3) is 9.23. The Morgan fingerprint density at radius 3 is 1.48 bits per heavy atom. The fourth-order valence-electron chi connectivity index (χ4n) is 5.85. The number of imidazole rings is 2. The zero-order chi connectivity index (χ0) is 37.5. The van der Waals surface area contributed by atoms with Gasteiger partial charge in [0.25, 0.3) is 12.7 Å². The third-order valence-corrected chi connectivity index (χ3v) is 8.99. The number of nitrogens with zero attached hydrogens (tertiary/aromatic N) is 8. The van der Waals surface area contributed by atoms with Crippen LogP contribution < -0.4 is 14.2 Å². The largest absolute Gasteiger partial charge is 0.358 e. The summed E-state index contributed by atoms with van der Waals surface area (Å²) in [5.41, 5.74) is 15.6. The van der Waals surface area contributed by atoms with E-state index in [-0.39, 0.29) is 20.1 Å². The molecule has 8 aromatic rings. The molecule has 0 saturated heterocycles. The molecule has 4 aromatic heterocycles. The summed E-state index contributed by atoms with van der Waals surface area (Å²) in [4.78, 5) is 4.08. The van der Waals surface area contributed by atoms with Crippen molar-refractivity contribution in [1.82, 2.24) is 29.5 Å². The van der Waals surface area contributed by atoms with Crippen LogP contribution in [0.2, 0.25) is 0 Å². The SMILES string of the molecule is Cc1cc[c-]c(-n2[c-][n+](-c3cccc(C)c3)c(C)c2C)c1.Cc1cc[c-]c(-n2[c-][n+](-c3cccc(C)c3)c(C)c2C)c1.[Ir].c1ccc(-c2cnn[n-]2)nc1. The maximum atomic E-state index is 4.08. The molecule has 54 heavy (non-hydrogen) atoms. The Labute approximate surface area is 332 Å². The normalized spacial score (nSPS) is 10.4. The van der Waals surface area contributed by atoms with Gasteiger partial charge in [-0.05, 0) is 95.0 Å². The van der Waals surface area contributed by atoms with Crippen LogP contribution in [0.3, 0.4) is 0 Å². The summed E-state index contributed by atoms with van der Waals surface area (Å²) in [6, 6.07) is 41.4. The smallest absolute Gasteiger partial charge is 0.267 e. The third-order valence-electron chi connectivity index (χ3n) is 8.99. The summed E-state index contributed by atoms with van der Waals surface area (Å²) in [5, 5.41) is 10.8. The zero-order valence-electron chi connectivity index (χ0n) is 31.9. The van der Waals surface area contributed by atoms with Crippen molar-refractivity contribution in [3.8, 4) is 34.1 Å². The molecule has 4 aromatic carbocycles. The summed E-state index contributed by atoms with van der Waals surface area (Å²) < 4.78 is 8.37. The molecule has 9 heteroatoms. The van der Waals surface area contributed by atoms with E-state index >= 15 is 0 Å². The summed E-state index contributed by atoms with van der Waals surface area (Å²) >= 11 is 0. The maximum absolute atomic E-state index is 4.08. The van der Waals surface area contributed by atoms with Crippen molar-refractivity contribution in [2.24, 2.45) is 0 Å². The molecular weight excluding hydrogens is 845 g/mol. The van der Waals surface area contributed by atoms with E-state index < -0.39 is 0 Å². The number of rotatable bonds is 5. The number of benzene rings is 4. The molecule has 0 unspecified atom stereocenters. The van der Waals surface area contributed by atoms with Crippen LogP contribution in [0.5, 0.6) is 0 Å². The second-order valence-corrected chi connectivity index (χ2v) is 13.1. The standard InChI is InChI=1S/2C19H19N2.C7H5N4.Ir/c2*1-14-7-5-9-18(11-14)20-13-21(17(4)16(20)3)19-10-6-8-15(2)12-19;1-2-4-8-6(3-1)7-5-9-11-10-7;/h2*5-9,11-12H,1-4H3;1-5H;/q3*-1;. The van der Waals surface area contributed by atoms with Gasteiger partial charge in [-0.15, -0.1) is 0 Å². The Hall–Kier alpha value is -5.76. The van der Waals surface area contributed by atoms with Crippen molar-refractivity contribution in [2.45, 2.75) is 55.4 Å². The molecule has 8 rings (SSSR count). The summed E-state index contributed by atoms with van der Waals surface area (Å²) in [5.74, 6) is 0. The van der Waals surface area contributed by atoms with Gasteiger partial charge in [0.2, 0.25) is 0 Å². The van der Waals surface area contributed by atoms with Gasteiger partial charge in [-0.1, -0.05) is 61.5 Å². The van der Waals surface area contributed by atoms with E-state index in [1.807, 2.05) is 30.3 Å². The Kier molecular flexibility index (Phi) is 13.0. The predicted molar refractivity (Wildman–Crippen MR) is 206 cm³/mol. The van der Waals surface area contributed by atoms with Gasteiger partial charge in [0, 0.05) is 37.7 Å². The summed E-state index contributed by atoms with van der Waals surface area (Å²) in [6.07, 6.45) is 10.2. The molecular formula is C45H43IrN8-3. The molecule has 0 atom stereocenters. The first-order valence-corrected chi connectivity index (χ1v) is 17.5. The number of hydrogen-bond acceptors (Lipinski definition) is 3. The van der Waals surface area contributed by atoms with Gasteiger partial charge in [0.05, 0.1) is 28.5 Å². The van der Waals surface area contributed by atoms with Gasteiger partial charge < -0.3 is 19.3 Å². The fraction of sp³-hybridized carbons (Fsp3) is 0.178. The number of pyridine rings is 1. The van der Waals surface area contributed by atoms with Crippen molar-refractivity contribution < 1.29 is 29.2 Å². The number of aryl methyl sites for hydroxylation is 4. The molecule has 275 valence electrons. The molecule has 0 aliphatic heterocycles. The number of hydrogen-bond donors (Lipinski definition) is 0. The molecule has 0 saturated carbocycles. The van der Waals surface area contributed by atoms with E-state index in [9.17, 15) is 0 Å². The molecule has 4 heterocycles. The molecule has 0 bridgehead atoms. The quantitative estimate of drug-likeness (QED) is 0.132. The van der Waals surface area contributed by atoms with Gasteiger partial charge >= 0.3 is 0 Å². The topological polar surface area (TPSA) is 70.4 Å². The van der Waals surface area contributed by atoms with E-state index in [4.69, 9.17) is 0 Å². The molecule has 0 amide bonds. The zero-order valence-corrected chi connectivity index (χ0v) is 34.3. The van der Waals surface area contributed by atoms with Crippen LogP contribution in [-0.2, 0) is 20.1 Å². The molecule has 1 radical (unpaired) electrons. The van der Waals surface area contributed by atoms with Crippen molar-refractivity contribution in [3.63, 3.8) is 0 Å². The molecule has 0 aliphatic rings. The Balaban J connectivity index is 0.000000162. The second-order valence-electron chi connectivity index (χ2n) is 13.1. The van der Waals surface area contributed by atoms with Crippen LogP contribution in [0.15, 0.2) is 116 Å². The van der Waals surface area contributed by atoms with Gasteiger partial charge in [0.15, 0.2) is 0 Å². The van der Waals surface area contributed by atoms with Crippen LogP contribution in [0.4, 0.5) is 0 Å². The van der Waals surface area contributed by atoms with Crippen LogP contribution in [-0.4, -0.2) is 24.4 Å². The first kappa shape index (κ1) is 39.4. The van der Waals surface area contributed by atoms with Crippen molar-refractivity contribution in [3.05, 3.63) is 185 Å². The Morgan fingerprint density at radius 2 is 1.07 bits per heavy atom. The molecule has 0 aliphatic carbocycles. The minimum Gasteiger partial charge on any atom is -0.358 e.